The van der Waals surface area contributed by atoms with Crippen LogP contribution in [0, 0.1) is 5.92 Å². The van der Waals surface area contributed by atoms with E-state index in [1.165, 1.54) is 24.0 Å². The second kappa shape index (κ2) is 8.13. The molecule has 0 bridgehead atoms. The monoisotopic (exact) mass is 319 g/mol. The van der Waals surface area contributed by atoms with E-state index in [0.717, 1.165) is 24.9 Å². The van der Waals surface area contributed by atoms with Gasteiger partial charge in [0, 0.05) is 6.54 Å². The number of rotatable bonds is 5. The van der Waals surface area contributed by atoms with Crippen molar-refractivity contribution >= 4 is 23.2 Å². The predicted molar refractivity (Wildman–Crippen MR) is 93.5 cm³/mol. The molecule has 120 valence electrons. The molecule has 0 fully saturated rings. The van der Waals surface area contributed by atoms with Crippen molar-refractivity contribution < 1.29 is 4.79 Å². The van der Waals surface area contributed by atoms with Crippen molar-refractivity contribution in [3.8, 4) is 0 Å². The third kappa shape index (κ3) is 5.30. The van der Waals surface area contributed by atoms with Crippen molar-refractivity contribution in [1.82, 2.24) is 16.2 Å². The van der Waals surface area contributed by atoms with Crippen molar-refractivity contribution in [1.29, 1.82) is 0 Å². The van der Waals surface area contributed by atoms with Crippen LogP contribution in [0.15, 0.2) is 18.2 Å². The average Bonchev–Trinajstić information content (AvgIpc) is 2.92. The summed E-state index contributed by atoms with van der Waals surface area (Å²) >= 11 is 5.12. The van der Waals surface area contributed by atoms with Crippen LogP contribution in [-0.2, 0) is 24.1 Å². The van der Waals surface area contributed by atoms with Gasteiger partial charge in [0.1, 0.15) is 0 Å². The lowest BCUT2D eigenvalue weighted by Gasteiger charge is -2.12. The Morgan fingerprint density at radius 1 is 1.23 bits per heavy atom. The normalized spacial score (nSPS) is 12.9. The first kappa shape index (κ1) is 16.7. The SMILES string of the molecule is CC(C)CCNC(=S)NNC(=O)Cc1ccc2c(c1)CCC2. The van der Waals surface area contributed by atoms with Crippen molar-refractivity contribution in [2.45, 2.75) is 46.0 Å². The van der Waals surface area contributed by atoms with E-state index in [1.807, 2.05) is 6.07 Å². The number of nitrogens with one attached hydrogen (secondary N) is 3. The number of aryl methyl sites for hydroxylation is 2. The van der Waals surface area contributed by atoms with Gasteiger partial charge < -0.3 is 5.32 Å². The molecule has 0 unspecified atom stereocenters. The number of carbonyl (C=O) groups excluding carboxylic acids is 1. The maximum absolute atomic E-state index is 11.9. The van der Waals surface area contributed by atoms with Crippen LogP contribution in [0.3, 0.4) is 0 Å². The standard InChI is InChI=1S/C17H25N3OS/c1-12(2)8-9-18-17(22)20-19-16(21)11-13-6-7-14-4-3-5-15(14)10-13/h6-7,10,12H,3-5,8-9,11H2,1-2H3,(H,19,21)(H2,18,20,22). The second-order valence-electron chi connectivity index (χ2n) is 6.24. The summed E-state index contributed by atoms with van der Waals surface area (Å²) in [4.78, 5) is 11.9. The fourth-order valence-corrected chi connectivity index (χ4v) is 2.76. The van der Waals surface area contributed by atoms with Gasteiger partial charge in [0.15, 0.2) is 5.11 Å². The van der Waals surface area contributed by atoms with E-state index in [4.69, 9.17) is 12.2 Å². The summed E-state index contributed by atoms with van der Waals surface area (Å²) in [6.45, 7) is 5.14. The number of amides is 1. The molecular formula is C17H25N3OS. The van der Waals surface area contributed by atoms with E-state index >= 15 is 0 Å². The smallest absolute Gasteiger partial charge is 0.242 e. The molecule has 4 nitrogen and oxygen atoms in total. The summed E-state index contributed by atoms with van der Waals surface area (Å²) in [6.07, 6.45) is 4.94. The summed E-state index contributed by atoms with van der Waals surface area (Å²) < 4.78 is 0. The number of fused-ring (bicyclic) bond motifs is 1. The first-order valence-electron chi connectivity index (χ1n) is 7.98. The third-order valence-electron chi connectivity index (χ3n) is 3.85. The highest BCUT2D eigenvalue weighted by atomic mass is 32.1. The molecule has 5 heteroatoms. The van der Waals surface area contributed by atoms with Crippen LogP contribution in [0.2, 0.25) is 0 Å². The summed E-state index contributed by atoms with van der Waals surface area (Å²) in [7, 11) is 0. The van der Waals surface area contributed by atoms with Gasteiger partial charge >= 0.3 is 0 Å². The average molecular weight is 319 g/mol. The molecule has 0 heterocycles. The molecule has 1 aliphatic carbocycles. The van der Waals surface area contributed by atoms with Gasteiger partial charge in [-0.15, -0.1) is 0 Å². The van der Waals surface area contributed by atoms with Gasteiger partial charge in [-0.2, -0.15) is 0 Å². The Kier molecular flexibility index (Phi) is 6.19. The Labute approximate surface area is 138 Å². The topological polar surface area (TPSA) is 53.2 Å². The van der Waals surface area contributed by atoms with Crippen LogP contribution in [0.25, 0.3) is 0 Å². The number of benzene rings is 1. The number of thiocarbonyl (C=S) groups is 1. The molecule has 1 aromatic carbocycles. The van der Waals surface area contributed by atoms with Crippen molar-refractivity contribution in [2.75, 3.05) is 6.54 Å². The minimum atomic E-state index is -0.0778. The molecule has 0 spiro atoms. The van der Waals surface area contributed by atoms with Gasteiger partial charge in [-0.3, -0.25) is 15.6 Å². The third-order valence-corrected chi connectivity index (χ3v) is 4.10. The van der Waals surface area contributed by atoms with E-state index in [1.54, 1.807) is 0 Å². The molecule has 0 aliphatic heterocycles. The Balaban J connectivity index is 1.70. The Bertz CT molecular complexity index is 543. The van der Waals surface area contributed by atoms with Gasteiger partial charge in [-0.05, 0) is 60.5 Å². The molecule has 0 radical (unpaired) electrons. The Hall–Kier alpha value is -1.62. The van der Waals surface area contributed by atoms with Gasteiger partial charge in [0.2, 0.25) is 5.91 Å². The van der Waals surface area contributed by atoms with Gasteiger partial charge in [0.05, 0.1) is 6.42 Å². The van der Waals surface area contributed by atoms with Crippen molar-refractivity contribution in [2.24, 2.45) is 5.92 Å². The van der Waals surface area contributed by atoms with E-state index < -0.39 is 0 Å². The van der Waals surface area contributed by atoms with Crippen LogP contribution >= 0.6 is 12.2 Å². The van der Waals surface area contributed by atoms with E-state index in [-0.39, 0.29) is 5.91 Å². The molecular weight excluding hydrogens is 294 g/mol. The zero-order valence-electron chi connectivity index (χ0n) is 13.4. The Morgan fingerprint density at radius 3 is 2.77 bits per heavy atom. The van der Waals surface area contributed by atoms with E-state index in [9.17, 15) is 4.79 Å². The van der Waals surface area contributed by atoms with Gasteiger partial charge in [-0.1, -0.05) is 32.0 Å². The largest absolute Gasteiger partial charge is 0.361 e. The lowest BCUT2D eigenvalue weighted by Crippen LogP contribution is -2.47. The maximum atomic E-state index is 11.9. The molecule has 1 aliphatic rings. The fourth-order valence-electron chi connectivity index (χ4n) is 2.61. The molecule has 0 aromatic heterocycles. The van der Waals surface area contributed by atoms with E-state index in [0.29, 0.717) is 17.5 Å². The van der Waals surface area contributed by atoms with E-state index in [2.05, 4.69) is 42.1 Å². The molecule has 0 atom stereocenters. The number of hydrogen-bond acceptors (Lipinski definition) is 2. The highest BCUT2D eigenvalue weighted by Gasteiger charge is 2.12. The number of hydrogen-bond donors (Lipinski definition) is 3. The molecule has 1 aromatic rings. The van der Waals surface area contributed by atoms with Crippen LogP contribution in [0.4, 0.5) is 0 Å². The van der Waals surface area contributed by atoms with Crippen LogP contribution in [-0.4, -0.2) is 17.6 Å². The van der Waals surface area contributed by atoms with Gasteiger partial charge in [-0.25, -0.2) is 0 Å². The summed E-state index contributed by atoms with van der Waals surface area (Å²) in [6, 6.07) is 6.35. The number of carbonyl (C=O) groups is 1. The minimum Gasteiger partial charge on any atom is -0.361 e. The van der Waals surface area contributed by atoms with Crippen molar-refractivity contribution in [3.05, 3.63) is 34.9 Å². The molecule has 3 N–H and O–H groups in total. The summed E-state index contributed by atoms with van der Waals surface area (Å²) in [5.74, 6) is 0.552. The lowest BCUT2D eigenvalue weighted by atomic mass is 10.0. The maximum Gasteiger partial charge on any atom is 0.242 e. The van der Waals surface area contributed by atoms with Crippen LogP contribution in [0.1, 0.15) is 43.4 Å². The second-order valence-corrected chi connectivity index (χ2v) is 6.65. The molecule has 2 rings (SSSR count). The summed E-state index contributed by atoms with van der Waals surface area (Å²) in [5.41, 5.74) is 9.27. The minimum absolute atomic E-state index is 0.0778. The van der Waals surface area contributed by atoms with Crippen LogP contribution in [0.5, 0.6) is 0 Å². The quantitative estimate of drug-likeness (QED) is 0.576. The highest BCUT2D eigenvalue weighted by Crippen LogP contribution is 2.22. The first-order valence-corrected chi connectivity index (χ1v) is 8.39. The molecule has 0 saturated heterocycles. The van der Waals surface area contributed by atoms with Crippen molar-refractivity contribution in [3.63, 3.8) is 0 Å². The summed E-state index contributed by atoms with van der Waals surface area (Å²) in [5, 5.41) is 3.53. The fraction of sp³-hybridized carbons (Fsp3) is 0.529. The zero-order valence-corrected chi connectivity index (χ0v) is 14.2. The first-order chi connectivity index (χ1) is 10.5. The molecule has 0 saturated carbocycles. The predicted octanol–water partition coefficient (Wildman–Crippen LogP) is 2.26. The van der Waals surface area contributed by atoms with Gasteiger partial charge in [0.25, 0.3) is 0 Å². The number of hydrazine groups is 1. The molecule has 22 heavy (non-hydrogen) atoms. The molecule has 1 amide bonds. The highest BCUT2D eigenvalue weighted by molar-refractivity contribution is 7.80. The Morgan fingerprint density at radius 2 is 2.00 bits per heavy atom. The van der Waals surface area contributed by atoms with Crippen LogP contribution < -0.4 is 16.2 Å². The zero-order chi connectivity index (χ0) is 15.9. The lowest BCUT2D eigenvalue weighted by molar-refractivity contribution is -0.121.